The molecule has 1 aromatic rings. The van der Waals surface area contributed by atoms with Gasteiger partial charge in [-0.1, -0.05) is 37.0 Å². The number of halogens is 2. The zero-order valence-corrected chi connectivity index (χ0v) is 10.9. The molecule has 1 heterocycles. The van der Waals surface area contributed by atoms with Crippen LogP contribution in [0.1, 0.15) is 26.7 Å². The molecule has 2 N–H and O–H groups in total. The van der Waals surface area contributed by atoms with E-state index in [0.717, 1.165) is 0 Å². The summed E-state index contributed by atoms with van der Waals surface area (Å²) in [5.41, 5.74) is -0.718. The molecule has 3 nitrogen and oxygen atoms in total. The van der Waals surface area contributed by atoms with Gasteiger partial charge in [0.05, 0.1) is 15.6 Å². The molecule has 0 radical (unpaired) electrons. The lowest BCUT2D eigenvalue weighted by molar-refractivity contribution is 0.0456. The molecule has 0 saturated carbocycles. The van der Waals surface area contributed by atoms with E-state index in [1.54, 1.807) is 6.07 Å². The molecule has 0 aromatic carbocycles. The number of hydrogen-bond acceptors (Lipinski definition) is 3. The summed E-state index contributed by atoms with van der Waals surface area (Å²) in [6.07, 6.45) is 2.89. The van der Waals surface area contributed by atoms with Crippen molar-refractivity contribution in [2.75, 3.05) is 11.9 Å². The van der Waals surface area contributed by atoms with Crippen LogP contribution in [0, 0.1) is 0 Å². The van der Waals surface area contributed by atoms with Gasteiger partial charge < -0.3 is 10.4 Å². The molecule has 0 unspecified atom stereocenters. The normalized spacial score (nSPS) is 11.6. The van der Waals surface area contributed by atoms with Crippen LogP contribution >= 0.6 is 23.2 Å². The number of rotatable bonds is 5. The maximum Gasteiger partial charge on any atom is 0.144 e. The summed E-state index contributed by atoms with van der Waals surface area (Å²) in [4.78, 5) is 4.06. The highest BCUT2D eigenvalue weighted by Crippen LogP contribution is 2.24. The van der Waals surface area contributed by atoms with Crippen molar-refractivity contribution in [3.05, 3.63) is 22.3 Å². The standard InChI is InChI=1S/C11H16Cl2N2O/c1-3-11(16,4-2)7-15-10-9(13)5-8(12)6-14-10/h5-6,16H,3-4,7H2,1-2H3,(H,14,15). The van der Waals surface area contributed by atoms with Gasteiger partial charge in [0.1, 0.15) is 5.82 Å². The topological polar surface area (TPSA) is 45.1 Å². The monoisotopic (exact) mass is 262 g/mol. The SMILES string of the molecule is CCC(O)(CC)CNc1ncc(Cl)cc1Cl. The second-order valence-electron chi connectivity index (χ2n) is 3.77. The number of nitrogens with zero attached hydrogens (tertiary/aromatic N) is 1. The highest BCUT2D eigenvalue weighted by molar-refractivity contribution is 6.35. The Hall–Kier alpha value is -0.510. The third-order valence-electron chi connectivity index (χ3n) is 2.71. The Morgan fingerprint density at radius 1 is 1.38 bits per heavy atom. The van der Waals surface area contributed by atoms with Crippen molar-refractivity contribution in [2.24, 2.45) is 0 Å². The average molecular weight is 263 g/mol. The van der Waals surface area contributed by atoms with Crippen molar-refractivity contribution < 1.29 is 5.11 Å². The Morgan fingerprint density at radius 3 is 2.50 bits per heavy atom. The fraction of sp³-hybridized carbons (Fsp3) is 0.545. The lowest BCUT2D eigenvalue weighted by Crippen LogP contribution is -2.35. The van der Waals surface area contributed by atoms with Gasteiger partial charge in [-0.2, -0.15) is 0 Å². The van der Waals surface area contributed by atoms with E-state index < -0.39 is 5.60 Å². The van der Waals surface area contributed by atoms with E-state index in [1.807, 2.05) is 13.8 Å². The van der Waals surface area contributed by atoms with Crippen molar-refractivity contribution in [3.63, 3.8) is 0 Å². The molecule has 0 aliphatic rings. The summed E-state index contributed by atoms with van der Waals surface area (Å²) in [7, 11) is 0. The van der Waals surface area contributed by atoms with Gasteiger partial charge in [0, 0.05) is 12.7 Å². The quantitative estimate of drug-likeness (QED) is 0.856. The molecule has 0 aliphatic carbocycles. The van der Waals surface area contributed by atoms with Gasteiger partial charge in [-0.05, 0) is 18.9 Å². The van der Waals surface area contributed by atoms with Crippen LogP contribution in [0.2, 0.25) is 10.0 Å². The predicted molar refractivity (Wildman–Crippen MR) is 68.3 cm³/mol. The highest BCUT2D eigenvalue weighted by Gasteiger charge is 2.22. The summed E-state index contributed by atoms with van der Waals surface area (Å²) >= 11 is 11.7. The molecular weight excluding hydrogens is 247 g/mol. The molecule has 1 rings (SSSR count). The summed E-state index contributed by atoms with van der Waals surface area (Å²) in [5.74, 6) is 0.548. The van der Waals surface area contributed by atoms with E-state index in [-0.39, 0.29) is 0 Å². The van der Waals surface area contributed by atoms with E-state index in [4.69, 9.17) is 23.2 Å². The number of aromatic nitrogens is 1. The first-order chi connectivity index (χ1) is 7.50. The molecule has 0 aliphatic heterocycles. The molecule has 0 atom stereocenters. The summed E-state index contributed by atoms with van der Waals surface area (Å²) in [5, 5.41) is 14.1. The Balaban J connectivity index is 2.67. The molecule has 0 bridgehead atoms. The number of nitrogens with one attached hydrogen (secondary N) is 1. The van der Waals surface area contributed by atoms with Crippen molar-refractivity contribution >= 4 is 29.0 Å². The van der Waals surface area contributed by atoms with E-state index in [9.17, 15) is 5.11 Å². The third kappa shape index (κ3) is 3.51. The minimum absolute atomic E-state index is 0.425. The number of anilines is 1. The Kier molecular flexibility index (Phi) is 4.84. The number of hydrogen-bond donors (Lipinski definition) is 2. The Bertz CT molecular complexity index is 354. The van der Waals surface area contributed by atoms with Crippen LogP contribution in [0.25, 0.3) is 0 Å². The molecule has 90 valence electrons. The fourth-order valence-electron chi connectivity index (χ4n) is 1.29. The van der Waals surface area contributed by atoms with Crippen molar-refractivity contribution in [1.29, 1.82) is 0 Å². The van der Waals surface area contributed by atoms with Gasteiger partial charge in [0.15, 0.2) is 0 Å². The van der Waals surface area contributed by atoms with Gasteiger partial charge in [-0.15, -0.1) is 0 Å². The molecule has 5 heteroatoms. The molecule has 0 amide bonds. The zero-order valence-electron chi connectivity index (χ0n) is 9.43. The van der Waals surface area contributed by atoms with Gasteiger partial charge in [0.25, 0.3) is 0 Å². The second-order valence-corrected chi connectivity index (χ2v) is 4.61. The molecule has 1 aromatic heterocycles. The van der Waals surface area contributed by atoms with Crippen LogP contribution in [-0.2, 0) is 0 Å². The van der Waals surface area contributed by atoms with Gasteiger partial charge >= 0.3 is 0 Å². The van der Waals surface area contributed by atoms with Gasteiger partial charge in [-0.25, -0.2) is 4.98 Å². The summed E-state index contributed by atoms with van der Waals surface area (Å²) < 4.78 is 0. The van der Waals surface area contributed by atoms with Gasteiger partial charge in [0.2, 0.25) is 0 Å². The van der Waals surface area contributed by atoms with E-state index in [1.165, 1.54) is 6.20 Å². The highest BCUT2D eigenvalue weighted by atomic mass is 35.5. The number of aliphatic hydroxyl groups is 1. The average Bonchev–Trinajstić information content (AvgIpc) is 2.27. The maximum atomic E-state index is 10.1. The lowest BCUT2D eigenvalue weighted by atomic mass is 9.98. The molecule has 0 spiro atoms. The van der Waals surface area contributed by atoms with Crippen LogP contribution in [0.3, 0.4) is 0 Å². The summed E-state index contributed by atoms with van der Waals surface area (Å²) in [6.45, 7) is 4.32. The van der Waals surface area contributed by atoms with Crippen molar-refractivity contribution in [1.82, 2.24) is 4.98 Å². The smallest absolute Gasteiger partial charge is 0.144 e. The zero-order chi connectivity index (χ0) is 12.2. The number of pyridine rings is 1. The maximum absolute atomic E-state index is 10.1. The first-order valence-electron chi connectivity index (χ1n) is 5.28. The second kappa shape index (κ2) is 5.71. The van der Waals surface area contributed by atoms with E-state index >= 15 is 0 Å². The van der Waals surface area contributed by atoms with Crippen LogP contribution < -0.4 is 5.32 Å². The van der Waals surface area contributed by atoms with Crippen LogP contribution in [-0.4, -0.2) is 22.2 Å². The van der Waals surface area contributed by atoms with Crippen LogP contribution in [0.4, 0.5) is 5.82 Å². The first-order valence-corrected chi connectivity index (χ1v) is 6.03. The fourth-order valence-corrected chi connectivity index (χ4v) is 1.74. The minimum Gasteiger partial charge on any atom is -0.388 e. The molecular formula is C11H16Cl2N2O. The molecule has 16 heavy (non-hydrogen) atoms. The lowest BCUT2D eigenvalue weighted by Gasteiger charge is -2.25. The van der Waals surface area contributed by atoms with E-state index in [2.05, 4.69) is 10.3 Å². The van der Waals surface area contributed by atoms with Crippen LogP contribution in [0.5, 0.6) is 0 Å². The largest absolute Gasteiger partial charge is 0.388 e. The minimum atomic E-state index is -0.718. The Labute approximate surface area is 106 Å². The van der Waals surface area contributed by atoms with Crippen molar-refractivity contribution in [2.45, 2.75) is 32.3 Å². The molecule has 0 saturated heterocycles. The predicted octanol–water partition coefficient (Wildman–Crippen LogP) is 3.35. The van der Waals surface area contributed by atoms with Crippen LogP contribution in [0.15, 0.2) is 12.3 Å². The Morgan fingerprint density at radius 2 is 2.00 bits per heavy atom. The van der Waals surface area contributed by atoms with E-state index in [0.29, 0.717) is 35.2 Å². The van der Waals surface area contributed by atoms with Crippen molar-refractivity contribution in [3.8, 4) is 0 Å². The van der Waals surface area contributed by atoms with Gasteiger partial charge in [-0.3, -0.25) is 0 Å². The molecule has 0 fully saturated rings. The summed E-state index contributed by atoms with van der Waals surface area (Å²) in [6, 6.07) is 1.62. The first kappa shape index (κ1) is 13.6. The third-order valence-corrected chi connectivity index (χ3v) is 3.20.